The summed E-state index contributed by atoms with van der Waals surface area (Å²) < 4.78 is 0. The summed E-state index contributed by atoms with van der Waals surface area (Å²) in [6.45, 7) is 3.25. The second-order valence-corrected chi connectivity index (χ2v) is 4.83. The lowest BCUT2D eigenvalue weighted by atomic mass is 10.2. The van der Waals surface area contributed by atoms with Gasteiger partial charge in [-0.15, -0.1) is 0 Å². The minimum atomic E-state index is -0.0661. The van der Waals surface area contributed by atoms with Gasteiger partial charge in [-0.2, -0.15) is 0 Å². The fraction of sp³-hybridized carbons (Fsp3) is 0.364. The number of carbonyl (C=O) groups excluding carboxylic acids is 1. The van der Waals surface area contributed by atoms with E-state index in [-0.39, 0.29) is 5.91 Å². The number of rotatable bonds is 4. The summed E-state index contributed by atoms with van der Waals surface area (Å²) in [6.07, 6.45) is 0. The lowest BCUT2D eigenvalue weighted by Crippen LogP contribution is -2.32. The van der Waals surface area contributed by atoms with Gasteiger partial charge < -0.3 is 4.90 Å². The molecule has 0 spiro atoms. The van der Waals surface area contributed by atoms with Crippen LogP contribution in [0, 0.1) is 0 Å². The number of nitrogens with zero attached hydrogens (tertiary/aromatic N) is 1. The molecule has 0 saturated carbocycles. The topological polar surface area (TPSA) is 20.3 Å². The van der Waals surface area contributed by atoms with E-state index in [1.807, 2.05) is 6.92 Å². The third-order valence-corrected chi connectivity index (χ3v) is 3.09. The van der Waals surface area contributed by atoms with E-state index in [0.717, 1.165) is 5.33 Å². The zero-order valence-corrected chi connectivity index (χ0v) is 11.9. The number of alkyl halides is 1. The standard InChI is InChI=1S/C11H12BrCl2NO/c1-2-15(6-5-12)11(16)9-4-3-8(13)7-10(9)14/h3-4,7H,2,5-6H2,1H3. The SMILES string of the molecule is CCN(CCBr)C(=O)c1ccc(Cl)cc1Cl. The van der Waals surface area contributed by atoms with Crippen molar-refractivity contribution >= 4 is 45.0 Å². The number of hydrogen-bond donors (Lipinski definition) is 0. The number of hydrogen-bond acceptors (Lipinski definition) is 1. The third kappa shape index (κ3) is 3.37. The van der Waals surface area contributed by atoms with Crippen LogP contribution in [0.5, 0.6) is 0 Å². The lowest BCUT2D eigenvalue weighted by Gasteiger charge is -2.20. The van der Waals surface area contributed by atoms with Gasteiger partial charge in [0.15, 0.2) is 0 Å². The van der Waals surface area contributed by atoms with Crippen LogP contribution in [-0.2, 0) is 0 Å². The van der Waals surface area contributed by atoms with E-state index in [4.69, 9.17) is 23.2 Å². The van der Waals surface area contributed by atoms with E-state index in [2.05, 4.69) is 15.9 Å². The molecule has 0 aromatic heterocycles. The molecule has 1 amide bonds. The van der Waals surface area contributed by atoms with Crippen LogP contribution >= 0.6 is 39.1 Å². The third-order valence-electron chi connectivity index (χ3n) is 2.18. The van der Waals surface area contributed by atoms with Crippen LogP contribution in [0.3, 0.4) is 0 Å². The lowest BCUT2D eigenvalue weighted by molar-refractivity contribution is 0.0775. The van der Waals surface area contributed by atoms with Crippen LogP contribution in [0.4, 0.5) is 0 Å². The van der Waals surface area contributed by atoms with Crippen LogP contribution in [-0.4, -0.2) is 29.2 Å². The molecule has 0 heterocycles. The van der Waals surface area contributed by atoms with Gasteiger partial charge in [0.1, 0.15) is 0 Å². The van der Waals surface area contributed by atoms with Crippen molar-refractivity contribution in [2.24, 2.45) is 0 Å². The fourth-order valence-corrected chi connectivity index (χ4v) is 2.26. The predicted molar refractivity (Wildman–Crippen MR) is 71.8 cm³/mol. The van der Waals surface area contributed by atoms with Gasteiger partial charge in [0.25, 0.3) is 5.91 Å². The average molecular weight is 325 g/mol. The van der Waals surface area contributed by atoms with Gasteiger partial charge in [-0.05, 0) is 25.1 Å². The molecule has 0 N–H and O–H groups in total. The van der Waals surface area contributed by atoms with Crippen LogP contribution in [0.15, 0.2) is 18.2 Å². The monoisotopic (exact) mass is 323 g/mol. The molecule has 0 radical (unpaired) electrons. The largest absolute Gasteiger partial charge is 0.338 e. The van der Waals surface area contributed by atoms with Crippen LogP contribution in [0.2, 0.25) is 10.0 Å². The molecule has 88 valence electrons. The Hall–Kier alpha value is -0.250. The van der Waals surface area contributed by atoms with Crippen molar-refractivity contribution in [3.63, 3.8) is 0 Å². The Balaban J connectivity index is 2.94. The molecule has 5 heteroatoms. The van der Waals surface area contributed by atoms with Crippen molar-refractivity contribution < 1.29 is 4.79 Å². The maximum Gasteiger partial charge on any atom is 0.255 e. The molecule has 0 aliphatic carbocycles. The van der Waals surface area contributed by atoms with Crippen LogP contribution in [0.25, 0.3) is 0 Å². The zero-order valence-electron chi connectivity index (χ0n) is 8.84. The van der Waals surface area contributed by atoms with Crippen molar-refractivity contribution in [2.45, 2.75) is 6.92 Å². The number of amides is 1. The van der Waals surface area contributed by atoms with E-state index in [0.29, 0.717) is 28.7 Å². The first-order chi connectivity index (χ1) is 7.60. The molecular formula is C11H12BrCl2NO. The second-order valence-electron chi connectivity index (χ2n) is 3.20. The highest BCUT2D eigenvalue weighted by Gasteiger charge is 2.16. The van der Waals surface area contributed by atoms with E-state index in [1.165, 1.54) is 0 Å². The summed E-state index contributed by atoms with van der Waals surface area (Å²) in [4.78, 5) is 13.8. The molecule has 0 unspecified atom stereocenters. The smallest absolute Gasteiger partial charge is 0.255 e. The Morgan fingerprint density at radius 3 is 2.62 bits per heavy atom. The second kappa shape index (κ2) is 6.48. The maximum atomic E-state index is 12.1. The maximum absolute atomic E-state index is 12.1. The normalized spacial score (nSPS) is 10.2. The zero-order chi connectivity index (χ0) is 12.1. The quantitative estimate of drug-likeness (QED) is 0.770. The fourth-order valence-electron chi connectivity index (χ4n) is 1.34. The molecular weight excluding hydrogens is 313 g/mol. The van der Waals surface area contributed by atoms with Crippen LogP contribution in [0.1, 0.15) is 17.3 Å². The Morgan fingerprint density at radius 2 is 2.12 bits per heavy atom. The first kappa shape index (κ1) is 13.8. The molecule has 1 aromatic rings. The van der Waals surface area contributed by atoms with Gasteiger partial charge in [0, 0.05) is 23.4 Å². The van der Waals surface area contributed by atoms with Gasteiger partial charge in [0.05, 0.1) is 10.6 Å². The number of halogens is 3. The average Bonchev–Trinajstić information content (AvgIpc) is 2.25. The molecule has 1 aromatic carbocycles. The Labute approximate surface area is 114 Å². The van der Waals surface area contributed by atoms with E-state index < -0.39 is 0 Å². The van der Waals surface area contributed by atoms with E-state index in [1.54, 1.807) is 23.1 Å². The molecule has 0 aliphatic heterocycles. The van der Waals surface area contributed by atoms with E-state index in [9.17, 15) is 4.79 Å². The number of benzene rings is 1. The summed E-state index contributed by atoms with van der Waals surface area (Å²) in [7, 11) is 0. The van der Waals surface area contributed by atoms with Crippen molar-refractivity contribution in [3.8, 4) is 0 Å². The van der Waals surface area contributed by atoms with Crippen LogP contribution < -0.4 is 0 Å². The first-order valence-electron chi connectivity index (χ1n) is 4.90. The molecule has 1 rings (SSSR count). The highest BCUT2D eigenvalue weighted by Crippen LogP contribution is 2.22. The Kier molecular flexibility index (Phi) is 5.59. The molecule has 0 aliphatic rings. The van der Waals surface area contributed by atoms with Gasteiger partial charge in [0.2, 0.25) is 0 Å². The van der Waals surface area contributed by atoms with Crippen molar-refractivity contribution in [1.82, 2.24) is 4.90 Å². The summed E-state index contributed by atoms with van der Waals surface area (Å²) >= 11 is 15.1. The first-order valence-corrected chi connectivity index (χ1v) is 6.78. The van der Waals surface area contributed by atoms with Crippen molar-refractivity contribution in [3.05, 3.63) is 33.8 Å². The molecule has 16 heavy (non-hydrogen) atoms. The summed E-state index contributed by atoms with van der Waals surface area (Å²) in [6, 6.07) is 4.91. The summed E-state index contributed by atoms with van der Waals surface area (Å²) in [5.41, 5.74) is 0.494. The number of carbonyl (C=O) groups is 1. The van der Waals surface area contributed by atoms with Gasteiger partial charge in [-0.25, -0.2) is 0 Å². The molecule has 0 saturated heterocycles. The molecule has 0 fully saturated rings. The highest BCUT2D eigenvalue weighted by molar-refractivity contribution is 9.09. The van der Waals surface area contributed by atoms with Gasteiger partial charge in [-0.1, -0.05) is 39.1 Å². The van der Waals surface area contributed by atoms with Crippen molar-refractivity contribution in [2.75, 3.05) is 18.4 Å². The summed E-state index contributed by atoms with van der Waals surface area (Å²) in [5, 5.41) is 1.67. The predicted octanol–water partition coefficient (Wildman–Crippen LogP) is 3.85. The Morgan fingerprint density at radius 1 is 1.44 bits per heavy atom. The summed E-state index contributed by atoms with van der Waals surface area (Å²) in [5.74, 6) is -0.0661. The van der Waals surface area contributed by atoms with Crippen molar-refractivity contribution in [1.29, 1.82) is 0 Å². The van der Waals surface area contributed by atoms with Gasteiger partial charge in [-0.3, -0.25) is 4.79 Å². The minimum absolute atomic E-state index is 0.0661. The molecule has 0 bridgehead atoms. The highest BCUT2D eigenvalue weighted by atomic mass is 79.9. The molecule has 2 nitrogen and oxygen atoms in total. The minimum Gasteiger partial charge on any atom is -0.338 e. The van der Waals surface area contributed by atoms with E-state index >= 15 is 0 Å². The Bertz CT molecular complexity index is 384. The molecule has 0 atom stereocenters. The van der Waals surface area contributed by atoms with Gasteiger partial charge >= 0.3 is 0 Å².